The maximum Gasteiger partial charge on any atom is 0.312 e. The summed E-state index contributed by atoms with van der Waals surface area (Å²) in [6.45, 7) is 11.1. The first kappa shape index (κ1) is 59.2. The van der Waals surface area contributed by atoms with Crippen LogP contribution in [0.2, 0.25) is 0 Å². The molecule has 0 radical (unpaired) electrons. The van der Waals surface area contributed by atoms with Gasteiger partial charge in [-0.2, -0.15) is 0 Å². The van der Waals surface area contributed by atoms with Crippen LogP contribution in [0.1, 0.15) is 214 Å². The fraction of sp³-hybridized carbons (Fsp3) is 0.797. The molecule has 2 N–H and O–H groups in total. The lowest BCUT2D eigenvalue weighted by atomic mass is 9.48. The Kier molecular flexibility index (Phi) is 17.2. The lowest BCUT2D eigenvalue weighted by molar-refractivity contribution is -0.259. The third-order valence-electron chi connectivity index (χ3n) is 22.2. The van der Waals surface area contributed by atoms with Gasteiger partial charge >= 0.3 is 11.9 Å². The van der Waals surface area contributed by atoms with Crippen LogP contribution in [0.5, 0.6) is 5.75 Å². The normalized spacial score (nSPS) is 41.2. The summed E-state index contributed by atoms with van der Waals surface area (Å²) in [6, 6.07) is 20.0. The molecule has 5 unspecified atom stereocenters. The van der Waals surface area contributed by atoms with Crippen LogP contribution in [-0.2, 0) is 53.9 Å². The van der Waals surface area contributed by atoms with Crippen LogP contribution in [-0.4, -0.2) is 101 Å². The molecule has 454 valence electrons. The van der Waals surface area contributed by atoms with Crippen LogP contribution in [0.15, 0.2) is 60.7 Å². The predicted octanol–water partition coefficient (Wildman–Crippen LogP) is 13.3. The molecule has 11 atom stereocenters. The molecule has 15 fully saturated rings. The van der Waals surface area contributed by atoms with Gasteiger partial charge < -0.3 is 52.8 Å². The van der Waals surface area contributed by atoms with E-state index in [1.54, 1.807) is 0 Å². The van der Waals surface area contributed by atoms with Crippen molar-refractivity contribution in [1.29, 1.82) is 0 Å². The second kappa shape index (κ2) is 23.9. The van der Waals surface area contributed by atoms with Crippen LogP contribution < -0.4 is 4.74 Å². The zero-order chi connectivity index (χ0) is 57.0. The van der Waals surface area contributed by atoms with Gasteiger partial charge in [0.1, 0.15) is 41.4 Å². The minimum atomic E-state index is -0.719. The third kappa shape index (κ3) is 12.8. The maximum absolute atomic E-state index is 13.3. The molecule has 12 aliphatic carbocycles. The molecule has 17 rings (SSSR count). The van der Waals surface area contributed by atoms with Gasteiger partial charge in [0.2, 0.25) is 0 Å². The Labute approximate surface area is 489 Å². The molecule has 15 aliphatic rings. The Morgan fingerprint density at radius 3 is 1.82 bits per heavy atom. The molecule has 0 aromatic heterocycles. The fourth-order valence-corrected chi connectivity index (χ4v) is 19.3. The van der Waals surface area contributed by atoms with Gasteiger partial charge in [-0.1, -0.05) is 68.3 Å². The highest BCUT2D eigenvalue weighted by atomic mass is 16.8. The molecule has 12 saturated carbocycles. The lowest BCUT2D eigenvalue weighted by Gasteiger charge is -2.59. The number of benzene rings is 2. The van der Waals surface area contributed by atoms with Gasteiger partial charge in [0.05, 0.1) is 29.6 Å². The molecule has 2 aromatic carbocycles. The first-order valence-corrected chi connectivity index (χ1v) is 32.9. The summed E-state index contributed by atoms with van der Waals surface area (Å²) < 4.78 is 53.8. The minimum Gasteiger partial charge on any atom is -0.465 e. The Hall–Kier alpha value is -3.14. The van der Waals surface area contributed by atoms with E-state index < -0.39 is 47.4 Å². The van der Waals surface area contributed by atoms with Crippen LogP contribution in [0.4, 0.5) is 0 Å². The highest BCUT2D eigenvalue weighted by molar-refractivity contribution is 5.79. The van der Waals surface area contributed by atoms with Crippen LogP contribution in [0.25, 0.3) is 0 Å². The van der Waals surface area contributed by atoms with Gasteiger partial charge in [-0.25, -0.2) is 0 Å². The fourth-order valence-electron chi connectivity index (χ4n) is 19.3. The average Bonchev–Trinajstić information content (AvgIpc) is 3.94. The van der Waals surface area contributed by atoms with Crippen molar-refractivity contribution in [2.75, 3.05) is 13.2 Å². The largest absolute Gasteiger partial charge is 0.465 e. The summed E-state index contributed by atoms with van der Waals surface area (Å²) in [5, 5.41) is 21.4. The van der Waals surface area contributed by atoms with Crippen molar-refractivity contribution in [2.24, 2.45) is 52.3 Å². The van der Waals surface area contributed by atoms with E-state index in [-0.39, 0.29) is 40.8 Å². The molecule has 3 aliphatic heterocycles. The number of rotatable bonds is 11. The van der Waals surface area contributed by atoms with E-state index in [0.29, 0.717) is 37.4 Å². The number of aliphatic hydroxyl groups excluding tert-OH is 1. The predicted molar refractivity (Wildman–Crippen MR) is 309 cm³/mol. The monoisotopic (exact) mass is 1140 g/mol. The smallest absolute Gasteiger partial charge is 0.312 e. The van der Waals surface area contributed by atoms with Crippen molar-refractivity contribution in [3.63, 3.8) is 0 Å². The second-order valence-electron chi connectivity index (χ2n) is 29.7. The summed E-state index contributed by atoms with van der Waals surface area (Å²) in [6.07, 6.45) is 28.4. The third-order valence-corrected chi connectivity index (χ3v) is 22.2. The van der Waals surface area contributed by atoms with Gasteiger partial charge in [0.15, 0.2) is 24.2 Å². The van der Waals surface area contributed by atoms with Gasteiger partial charge in [0.25, 0.3) is 0 Å². The van der Waals surface area contributed by atoms with Gasteiger partial charge in [-0.05, 0) is 228 Å². The number of aliphatic hydroxyl groups is 2. The zero-order valence-electron chi connectivity index (χ0n) is 50.4. The Morgan fingerprint density at radius 1 is 0.659 bits per heavy atom. The van der Waals surface area contributed by atoms with E-state index in [0.717, 1.165) is 145 Å². The van der Waals surface area contributed by atoms with Crippen LogP contribution in [0, 0.1) is 52.3 Å². The van der Waals surface area contributed by atoms with E-state index in [1.807, 2.05) is 76.2 Å². The first-order valence-electron chi connectivity index (χ1n) is 32.9. The first-order chi connectivity index (χ1) is 39.3. The van der Waals surface area contributed by atoms with E-state index in [2.05, 4.69) is 19.1 Å². The van der Waals surface area contributed by atoms with Crippen molar-refractivity contribution in [1.82, 2.24) is 0 Å². The van der Waals surface area contributed by atoms with Gasteiger partial charge in [0, 0.05) is 25.7 Å². The van der Waals surface area contributed by atoms with Crippen molar-refractivity contribution in [2.45, 2.75) is 280 Å². The quantitative estimate of drug-likeness (QED) is 0.162. The number of hydrogen-bond donors (Lipinski definition) is 2. The van der Waals surface area contributed by atoms with E-state index in [1.165, 1.54) is 63.4 Å². The SMILES string of the molecule is CC(C)(C)OC(=O)C12CC3CC(CC(O)(C3)C1)C2.CC(OCCc1ccccc1)Oc1ccccc1.CC[C@@]1(OC(=O)C23CC4CC(CC(C4)C2)C3)CC2CC[C@@H]1C2.O[C@@H]1[C@H]2OC3(CCCCC3)O[C@H]2O[C@@H]1C1COC2(CCCCC2)O1. The van der Waals surface area contributed by atoms with Crippen molar-refractivity contribution >= 4 is 11.9 Å². The zero-order valence-corrected chi connectivity index (χ0v) is 50.4. The molecular weight excluding hydrogens is 1040 g/mol. The van der Waals surface area contributed by atoms with Crippen LogP contribution >= 0.6 is 0 Å². The van der Waals surface area contributed by atoms with Gasteiger partial charge in [-0.15, -0.1) is 0 Å². The molecule has 10 bridgehead atoms. The highest BCUT2D eigenvalue weighted by Gasteiger charge is 2.64. The number of fused-ring (bicyclic) bond motifs is 3. The number of hydrogen-bond acceptors (Lipinski definition) is 13. The van der Waals surface area contributed by atoms with Crippen molar-refractivity contribution in [3.8, 4) is 5.75 Å². The molecule has 13 heteroatoms. The van der Waals surface area contributed by atoms with Crippen molar-refractivity contribution < 1.29 is 62.4 Å². The highest BCUT2D eigenvalue weighted by Crippen LogP contribution is 2.64. The molecule has 82 heavy (non-hydrogen) atoms. The summed E-state index contributed by atoms with van der Waals surface area (Å²) >= 11 is 0. The molecule has 13 nitrogen and oxygen atoms in total. The summed E-state index contributed by atoms with van der Waals surface area (Å²) in [5.74, 6) is 5.08. The molecule has 2 spiro atoms. The lowest BCUT2D eigenvalue weighted by Crippen LogP contribution is -2.59. The van der Waals surface area contributed by atoms with E-state index in [9.17, 15) is 19.8 Å². The summed E-state index contributed by atoms with van der Waals surface area (Å²) in [7, 11) is 0. The maximum atomic E-state index is 13.3. The second-order valence-corrected chi connectivity index (χ2v) is 29.7. The summed E-state index contributed by atoms with van der Waals surface area (Å²) in [4.78, 5) is 25.8. The van der Waals surface area contributed by atoms with Crippen LogP contribution in [0.3, 0.4) is 0 Å². The number of carbonyl (C=O) groups excluding carboxylic acids is 2. The topological polar surface area (TPSA) is 158 Å². The van der Waals surface area contributed by atoms with Gasteiger partial charge in [-0.3, -0.25) is 9.59 Å². The molecule has 2 aromatic rings. The molecule has 3 saturated heterocycles. The Morgan fingerprint density at radius 2 is 1.26 bits per heavy atom. The Bertz CT molecular complexity index is 2410. The molecule has 0 amide bonds. The average molecular weight is 1140 g/mol. The Balaban J connectivity index is 0.000000109. The molecule has 3 heterocycles. The summed E-state index contributed by atoms with van der Waals surface area (Å²) in [5.41, 5.74) is -0.262. The number of carbonyl (C=O) groups is 2. The number of para-hydroxylation sites is 1. The van der Waals surface area contributed by atoms with Crippen molar-refractivity contribution in [3.05, 3.63) is 66.2 Å². The van der Waals surface area contributed by atoms with E-state index in [4.69, 9.17) is 42.6 Å². The minimum absolute atomic E-state index is 0.0671. The number of ether oxygens (including phenoxy) is 9. The number of esters is 2. The molecular formula is C69H100O13. The standard InChI is InChI=1S/C20H30O2.C18H28O6.C16H18O2.C15H24O3/c1-2-20(12-13-3-4-17(20)8-13)22-18(21)19-9-14-5-15(10-19)7-16(6-14)11-19;19-13-14(12-11-20-17(22-12)7-3-1-4-8-17)21-16-15(13)23-18(24-16)9-5-2-6-10-18;1-14(18-16-10-6-3-7-11-16)17-13-12-15-8-4-2-5-9-15;1-13(2,3)18-12(16)14-5-10-4-11(6-14)8-15(17,7-10)9-14/h13-17H,2-12H2,1H3;12-16,19H,1-11H2;2-11,14H,12-13H2,1H3;10-11,17H,4-9H2,1-3H3/t13?,14?,15?,16?,17-,19?,20-;12?,13-,14+,15+,16+;;/m10../s1. The van der Waals surface area contributed by atoms with E-state index >= 15 is 0 Å².